The Morgan fingerprint density at radius 3 is 2.30 bits per heavy atom. The van der Waals surface area contributed by atoms with Gasteiger partial charge in [-0.3, -0.25) is 0 Å². The van der Waals surface area contributed by atoms with Crippen molar-refractivity contribution in [3.63, 3.8) is 0 Å². The van der Waals surface area contributed by atoms with Gasteiger partial charge in [-0.1, -0.05) is 48.5 Å². The van der Waals surface area contributed by atoms with E-state index in [0.29, 0.717) is 12.1 Å². The molecular weight excluding hydrogens is 304 g/mol. The van der Waals surface area contributed by atoms with E-state index in [1.54, 1.807) is 0 Å². The van der Waals surface area contributed by atoms with Crippen LogP contribution >= 0.6 is 12.4 Å². The maximum Gasteiger partial charge on any atom is 0.0436 e. The van der Waals surface area contributed by atoms with Crippen LogP contribution in [-0.4, -0.2) is 31.1 Å². The molecule has 124 valence electrons. The lowest BCUT2D eigenvalue weighted by atomic mass is 9.68. The minimum atomic E-state index is 0. The number of fused-ring (bicyclic) bond motifs is 1. The van der Waals surface area contributed by atoms with Gasteiger partial charge in [0.1, 0.15) is 0 Å². The molecule has 2 aromatic rings. The molecule has 1 N–H and O–H groups in total. The van der Waals surface area contributed by atoms with E-state index in [1.807, 2.05) is 0 Å². The van der Waals surface area contributed by atoms with Crippen LogP contribution in [0.1, 0.15) is 31.4 Å². The molecule has 0 spiro atoms. The molecule has 3 rings (SSSR count). The van der Waals surface area contributed by atoms with Crippen molar-refractivity contribution in [3.8, 4) is 0 Å². The average molecular weight is 331 g/mol. The molecule has 3 atom stereocenters. The van der Waals surface area contributed by atoms with Gasteiger partial charge in [-0.25, -0.2) is 0 Å². The molecule has 2 nitrogen and oxygen atoms in total. The predicted molar refractivity (Wildman–Crippen MR) is 102 cm³/mol. The van der Waals surface area contributed by atoms with E-state index in [-0.39, 0.29) is 17.8 Å². The summed E-state index contributed by atoms with van der Waals surface area (Å²) in [6.45, 7) is 4.63. The molecule has 0 fully saturated rings. The molecule has 2 aromatic carbocycles. The van der Waals surface area contributed by atoms with Crippen LogP contribution in [0.15, 0.2) is 54.6 Å². The van der Waals surface area contributed by atoms with Crippen molar-refractivity contribution >= 4 is 18.1 Å². The zero-order valence-corrected chi connectivity index (χ0v) is 15.2. The van der Waals surface area contributed by atoms with Gasteiger partial charge in [-0.05, 0) is 51.6 Å². The number of rotatable bonds is 4. The molecule has 1 heterocycles. The molecule has 1 aliphatic rings. The molecule has 3 unspecified atom stereocenters. The first-order valence-electron chi connectivity index (χ1n) is 8.13. The minimum Gasteiger partial charge on any atom is -0.381 e. The largest absolute Gasteiger partial charge is 0.381 e. The first-order valence-corrected chi connectivity index (χ1v) is 8.13. The SMILES string of the molecule is CC(CC1(c2ccccc2)c2ccccc2NC1C)N(C)C.Cl. The van der Waals surface area contributed by atoms with E-state index >= 15 is 0 Å². The number of anilines is 1. The van der Waals surface area contributed by atoms with Crippen molar-refractivity contribution in [3.05, 3.63) is 65.7 Å². The Bertz CT molecular complexity index is 641. The quantitative estimate of drug-likeness (QED) is 0.884. The second-order valence-electron chi connectivity index (χ2n) is 6.77. The molecule has 0 saturated carbocycles. The van der Waals surface area contributed by atoms with Gasteiger partial charge >= 0.3 is 0 Å². The maximum atomic E-state index is 3.71. The molecule has 0 aliphatic carbocycles. The van der Waals surface area contributed by atoms with Crippen molar-refractivity contribution in [2.75, 3.05) is 19.4 Å². The average Bonchev–Trinajstić information content (AvgIpc) is 2.81. The molecule has 0 amide bonds. The molecule has 0 radical (unpaired) electrons. The number of nitrogens with zero attached hydrogens (tertiary/aromatic N) is 1. The zero-order chi connectivity index (χ0) is 15.7. The van der Waals surface area contributed by atoms with Crippen molar-refractivity contribution in [1.82, 2.24) is 4.90 Å². The van der Waals surface area contributed by atoms with E-state index in [2.05, 4.69) is 92.8 Å². The summed E-state index contributed by atoms with van der Waals surface area (Å²) in [6.07, 6.45) is 1.11. The van der Waals surface area contributed by atoms with Gasteiger partial charge in [0, 0.05) is 23.2 Å². The lowest BCUT2D eigenvalue weighted by molar-refractivity contribution is 0.250. The third kappa shape index (κ3) is 2.98. The van der Waals surface area contributed by atoms with Crippen LogP contribution in [-0.2, 0) is 5.41 Å². The topological polar surface area (TPSA) is 15.3 Å². The molecule has 0 bridgehead atoms. The summed E-state index contributed by atoms with van der Waals surface area (Å²) in [4.78, 5) is 2.32. The Balaban J connectivity index is 0.00000192. The lowest BCUT2D eigenvalue weighted by Gasteiger charge is -2.38. The standard InChI is InChI=1S/C20H26N2.ClH/c1-15(22(3)4)14-20(17-10-6-5-7-11-17)16(2)21-19-13-9-8-12-18(19)20;/h5-13,15-16,21H,14H2,1-4H3;1H. The Morgan fingerprint density at radius 2 is 1.65 bits per heavy atom. The van der Waals surface area contributed by atoms with Crippen molar-refractivity contribution < 1.29 is 0 Å². The van der Waals surface area contributed by atoms with Crippen molar-refractivity contribution in [1.29, 1.82) is 0 Å². The Hall–Kier alpha value is -1.51. The predicted octanol–water partition coefficient (Wildman–Crippen LogP) is 4.55. The summed E-state index contributed by atoms with van der Waals surface area (Å²) < 4.78 is 0. The molecule has 1 aliphatic heterocycles. The fourth-order valence-corrected chi connectivity index (χ4v) is 3.78. The number of para-hydroxylation sites is 1. The van der Waals surface area contributed by atoms with Gasteiger partial charge in [0.05, 0.1) is 0 Å². The van der Waals surface area contributed by atoms with Crippen LogP contribution in [0.4, 0.5) is 5.69 Å². The number of hydrogen-bond donors (Lipinski definition) is 1. The van der Waals surface area contributed by atoms with Crippen LogP contribution in [0.3, 0.4) is 0 Å². The summed E-state index contributed by atoms with van der Waals surface area (Å²) in [6, 6.07) is 20.7. The fourth-order valence-electron chi connectivity index (χ4n) is 3.78. The van der Waals surface area contributed by atoms with Crippen LogP contribution < -0.4 is 5.32 Å². The van der Waals surface area contributed by atoms with Gasteiger partial charge in [-0.2, -0.15) is 0 Å². The van der Waals surface area contributed by atoms with E-state index in [1.165, 1.54) is 16.8 Å². The minimum absolute atomic E-state index is 0. The van der Waals surface area contributed by atoms with Gasteiger partial charge in [0.2, 0.25) is 0 Å². The van der Waals surface area contributed by atoms with Gasteiger partial charge in [-0.15, -0.1) is 12.4 Å². The highest BCUT2D eigenvalue weighted by atomic mass is 35.5. The van der Waals surface area contributed by atoms with Crippen molar-refractivity contribution in [2.45, 2.75) is 37.8 Å². The summed E-state index contributed by atoms with van der Waals surface area (Å²) in [7, 11) is 4.34. The zero-order valence-electron chi connectivity index (χ0n) is 14.4. The third-order valence-electron chi connectivity index (χ3n) is 5.31. The fraction of sp³-hybridized carbons (Fsp3) is 0.400. The maximum absolute atomic E-state index is 3.71. The van der Waals surface area contributed by atoms with Gasteiger partial charge in [0.25, 0.3) is 0 Å². The van der Waals surface area contributed by atoms with E-state index in [0.717, 1.165) is 6.42 Å². The Morgan fingerprint density at radius 1 is 1.04 bits per heavy atom. The third-order valence-corrected chi connectivity index (χ3v) is 5.31. The van der Waals surface area contributed by atoms with E-state index in [9.17, 15) is 0 Å². The summed E-state index contributed by atoms with van der Waals surface area (Å²) in [5, 5.41) is 3.71. The Kier molecular flexibility index (Phi) is 5.38. The van der Waals surface area contributed by atoms with Crippen LogP contribution in [0.25, 0.3) is 0 Å². The molecule has 0 saturated heterocycles. The molecular formula is C20H27ClN2. The van der Waals surface area contributed by atoms with Crippen LogP contribution in [0.5, 0.6) is 0 Å². The van der Waals surface area contributed by atoms with Crippen LogP contribution in [0, 0.1) is 0 Å². The second kappa shape index (κ2) is 6.94. The van der Waals surface area contributed by atoms with Crippen LogP contribution in [0.2, 0.25) is 0 Å². The lowest BCUT2D eigenvalue weighted by Crippen LogP contribution is -2.43. The highest BCUT2D eigenvalue weighted by Gasteiger charge is 2.46. The number of nitrogens with one attached hydrogen (secondary N) is 1. The monoisotopic (exact) mass is 330 g/mol. The van der Waals surface area contributed by atoms with Gasteiger partial charge < -0.3 is 10.2 Å². The second-order valence-corrected chi connectivity index (χ2v) is 6.77. The summed E-state index contributed by atoms with van der Waals surface area (Å²) in [5.74, 6) is 0. The summed E-state index contributed by atoms with van der Waals surface area (Å²) >= 11 is 0. The van der Waals surface area contributed by atoms with Crippen molar-refractivity contribution in [2.24, 2.45) is 0 Å². The molecule has 3 heteroatoms. The molecule has 23 heavy (non-hydrogen) atoms. The number of hydrogen-bond acceptors (Lipinski definition) is 2. The van der Waals surface area contributed by atoms with E-state index in [4.69, 9.17) is 0 Å². The normalized spacial score (nSPS) is 23.8. The number of halogens is 1. The van der Waals surface area contributed by atoms with Gasteiger partial charge in [0.15, 0.2) is 0 Å². The highest BCUT2D eigenvalue weighted by Crippen LogP contribution is 2.48. The number of benzene rings is 2. The Labute approximate surface area is 146 Å². The van der Waals surface area contributed by atoms with E-state index < -0.39 is 0 Å². The summed E-state index contributed by atoms with van der Waals surface area (Å²) in [5.41, 5.74) is 4.16. The first kappa shape index (κ1) is 17.8. The first-order chi connectivity index (χ1) is 10.6. The highest BCUT2D eigenvalue weighted by molar-refractivity contribution is 5.85. The smallest absolute Gasteiger partial charge is 0.0436 e. The molecule has 0 aromatic heterocycles.